The maximum Gasteiger partial charge on any atom is 0.256 e. The van der Waals surface area contributed by atoms with E-state index in [0.29, 0.717) is 16.2 Å². The number of anilines is 2. The van der Waals surface area contributed by atoms with E-state index in [9.17, 15) is 4.79 Å². The van der Waals surface area contributed by atoms with Crippen LogP contribution >= 0.6 is 11.6 Å². The molecule has 0 radical (unpaired) electrons. The predicted octanol–water partition coefficient (Wildman–Crippen LogP) is 4.48. The van der Waals surface area contributed by atoms with Gasteiger partial charge < -0.3 is 10.2 Å². The van der Waals surface area contributed by atoms with Crippen molar-refractivity contribution < 1.29 is 4.79 Å². The molecule has 3 heterocycles. The first-order chi connectivity index (χ1) is 13.4. The van der Waals surface area contributed by atoms with Crippen LogP contribution in [-0.2, 0) is 7.05 Å². The van der Waals surface area contributed by atoms with Gasteiger partial charge in [-0.2, -0.15) is 5.10 Å². The summed E-state index contributed by atoms with van der Waals surface area (Å²) < 4.78 is 1.72. The molecule has 0 aliphatic carbocycles. The summed E-state index contributed by atoms with van der Waals surface area (Å²) in [6.07, 6.45) is 3.57. The zero-order chi connectivity index (χ0) is 19.8. The lowest BCUT2D eigenvalue weighted by Crippen LogP contribution is -2.30. The van der Waals surface area contributed by atoms with Crippen LogP contribution in [0, 0.1) is 13.8 Å². The zero-order valence-electron chi connectivity index (χ0n) is 16.4. The normalized spacial score (nSPS) is 14.5. The molecular formula is C21H24ClN5O. The molecule has 1 fully saturated rings. The van der Waals surface area contributed by atoms with Gasteiger partial charge in [0, 0.05) is 30.9 Å². The van der Waals surface area contributed by atoms with E-state index in [1.165, 1.54) is 6.42 Å². The maximum absolute atomic E-state index is 13.3. The molecule has 6 nitrogen and oxygen atoms in total. The Balaban J connectivity index is 1.73. The number of aryl methyl sites for hydroxylation is 3. The van der Waals surface area contributed by atoms with Gasteiger partial charge >= 0.3 is 0 Å². The van der Waals surface area contributed by atoms with Gasteiger partial charge in [-0.25, -0.2) is 4.98 Å². The zero-order valence-corrected chi connectivity index (χ0v) is 17.2. The fourth-order valence-corrected chi connectivity index (χ4v) is 4.13. The second-order valence-electron chi connectivity index (χ2n) is 7.38. The second kappa shape index (κ2) is 7.43. The summed E-state index contributed by atoms with van der Waals surface area (Å²) in [6.45, 7) is 5.77. The molecule has 7 heteroatoms. The Bertz CT molecular complexity index is 1050. The average Bonchev–Trinajstić information content (AvgIpc) is 2.95. The van der Waals surface area contributed by atoms with Crippen LogP contribution in [0.15, 0.2) is 24.3 Å². The first kappa shape index (κ1) is 18.7. The number of aromatic nitrogens is 3. The van der Waals surface area contributed by atoms with Gasteiger partial charge in [0.15, 0.2) is 5.65 Å². The van der Waals surface area contributed by atoms with Gasteiger partial charge in [-0.15, -0.1) is 0 Å². The molecular weight excluding hydrogens is 374 g/mol. The number of hydrogen-bond donors (Lipinski definition) is 1. The highest BCUT2D eigenvalue weighted by Crippen LogP contribution is 2.32. The van der Waals surface area contributed by atoms with Gasteiger partial charge in [-0.05, 0) is 57.4 Å². The highest BCUT2D eigenvalue weighted by molar-refractivity contribution is 6.31. The van der Waals surface area contributed by atoms with Gasteiger partial charge in [0.2, 0.25) is 0 Å². The van der Waals surface area contributed by atoms with E-state index in [0.717, 1.165) is 54.1 Å². The first-order valence-corrected chi connectivity index (χ1v) is 9.98. The molecule has 0 unspecified atom stereocenters. The maximum atomic E-state index is 13.3. The molecule has 0 saturated carbocycles. The van der Waals surface area contributed by atoms with Crippen molar-refractivity contribution in [3.8, 4) is 0 Å². The van der Waals surface area contributed by atoms with Crippen LogP contribution < -0.4 is 10.2 Å². The summed E-state index contributed by atoms with van der Waals surface area (Å²) in [7, 11) is 1.84. The largest absolute Gasteiger partial charge is 0.370 e. The fraction of sp³-hybridized carbons (Fsp3) is 0.381. The van der Waals surface area contributed by atoms with Crippen LogP contribution in [0.2, 0.25) is 5.02 Å². The number of amides is 1. The Morgan fingerprint density at radius 1 is 1.14 bits per heavy atom. The first-order valence-electron chi connectivity index (χ1n) is 9.61. The van der Waals surface area contributed by atoms with Crippen molar-refractivity contribution in [1.29, 1.82) is 0 Å². The highest BCUT2D eigenvalue weighted by Gasteiger charge is 2.21. The Kier molecular flexibility index (Phi) is 4.98. The minimum atomic E-state index is -0.174. The van der Waals surface area contributed by atoms with Crippen LogP contribution in [0.3, 0.4) is 0 Å². The quantitative estimate of drug-likeness (QED) is 0.707. The standard InChI is InChI=1S/C21H24ClN5O/c1-13-11-16(19-14(2)25-26(3)20(19)23-13)21(28)24-17-12-15(22)7-8-18(17)27-9-5-4-6-10-27/h7-8,11-12H,4-6,9-10H2,1-3H3,(H,24,28). The Labute approximate surface area is 169 Å². The summed E-state index contributed by atoms with van der Waals surface area (Å²) in [5.74, 6) is -0.174. The van der Waals surface area contributed by atoms with E-state index in [2.05, 4.69) is 20.3 Å². The van der Waals surface area contributed by atoms with Crippen LogP contribution in [-0.4, -0.2) is 33.8 Å². The number of benzene rings is 1. The van der Waals surface area contributed by atoms with Gasteiger partial charge in [-0.3, -0.25) is 9.48 Å². The lowest BCUT2D eigenvalue weighted by atomic mass is 10.1. The van der Waals surface area contributed by atoms with E-state index in [1.807, 2.05) is 45.2 Å². The molecule has 0 atom stereocenters. The predicted molar refractivity (Wildman–Crippen MR) is 113 cm³/mol. The third kappa shape index (κ3) is 3.44. The number of nitrogens with zero attached hydrogens (tertiary/aromatic N) is 4. The van der Waals surface area contributed by atoms with E-state index in [1.54, 1.807) is 4.68 Å². The molecule has 1 aliphatic rings. The highest BCUT2D eigenvalue weighted by atomic mass is 35.5. The molecule has 1 N–H and O–H groups in total. The van der Waals surface area contributed by atoms with Crippen LogP contribution in [0.1, 0.15) is 41.0 Å². The Hall–Kier alpha value is -2.60. The minimum Gasteiger partial charge on any atom is -0.370 e. The summed E-state index contributed by atoms with van der Waals surface area (Å²) in [5.41, 5.74) is 4.62. The minimum absolute atomic E-state index is 0.174. The summed E-state index contributed by atoms with van der Waals surface area (Å²) in [5, 5.41) is 8.91. The molecule has 146 valence electrons. The number of fused-ring (bicyclic) bond motifs is 1. The SMILES string of the molecule is Cc1cc(C(=O)Nc2cc(Cl)ccc2N2CCCCC2)c2c(C)nn(C)c2n1. The number of piperidine rings is 1. The van der Waals surface area contributed by atoms with Crippen LogP contribution in [0.25, 0.3) is 11.0 Å². The van der Waals surface area contributed by atoms with E-state index in [4.69, 9.17) is 11.6 Å². The number of pyridine rings is 1. The van der Waals surface area contributed by atoms with Gasteiger partial charge in [0.25, 0.3) is 5.91 Å². The molecule has 2 aromatic heterocycles. The lowest BCUT2D eigenvalue weighted by Gasteiger charge is -2.30. The van der Waals surface area contributed by atoms with Crippen molar-refractivity contribution in [3.63, 3.8) is 0 Å². The Morgan fingerprint density at radius 3 is 2.64 bits per heavy atom. The van der Waals surface area contributed by atoms with Crippen LogP contribution in [0.5, 0.6) is 0 Å². The third-order valence-corrected chi connectivity index (χ3v) is 5.48. The van der Waals surface area contributed by atoms with Crippen molar-refractivity contribution in [1.82, 2.24) is 14.8 Å². The topological polar surface area (TPSA) is 63.1 Å². The molecule has 1 amide bonds. The number of hydrogen-bond acceptors (Lipinski definition) is 4. The number of rotatable bonds is 3. The summed E-state index contributed by atoms with van der Waals surface area (Å²) in [6, 6.07) is 7.51. The van der Waals surface area contributed by atoms with E-state index in [-0.39, 0.29) is 5.91 Å². The lowest BCUT2D eigenvalue weighted by molar-refractivity contribution is 0.102. The van der Waals surface area contributed by atoms with E-state index >= 15 is 0 Å². The molecule has 1 aromatic carbocycles. The Morgan fingerprint density at radius 2 is 1.89 bits per heavy atom. The van der Waals surface area contributed by atoms with Crippen molar-refractivity contribution in [3.05, 3.63) is 46.2 Å². The smallest absolute Gasteiger partial charge is 0.256 e. The molecule has 1 saturated heterocycles. The molecule has 4 rings (SSSR count). The molecule has 28 heavy (non-hydrogen) atoms. The monoisotopic (exact) mass is 397 g/mol. The second-order valence-corrected chi connectivity index (χ2v) is 7.82. The van der Waals surface area contributed by atoms with Crippen molar-refractivity contribution in [2.45, 2.75) is 33.1 Å². The number of carbonyl (C=O) groups excluding carboxylic acids is 1. The number of halogens is 1. The van der Waals surface area contributed by atoms with Gasteiger partial charge in [0.05, 0.1) is 28.0 Å². The average molecular weight is 398 g/mol. The molecule has 0 spiro atoms. The summed E-state index contributed by atoms with van der Waals surface area (Å²) in [4.78, 5) is 20.1. The van der Waals surface area contributed by atoms with Crippen molar-refractivity contribution in [2.24, 2.45) is 7.05 Å². The number of carbonyl (C=O) groups is 1. The van der Waals surface area contributed by atoms with Crippen molar-refractivity contribution in [2.75, 3.05) is 23.3 Å². The van der Waals surface area contributed by atoms with E-state index < -0.39 is 0 Å². The molecule has 0 bridgehead atoms. The number of nitrogens with one attached hydrogen (secondary N) is 1. The third-order valence-electron chi connectivity index (χ3n) is 5.24. The van der Waals surface area contributed by atoms with Gasteiger partial charge in [0.1, 0.15) is 0 Å². The van der Waals surface area contributed by atoms with Crippen LogP contribution in [0.4, 0.5) is 11.4 Å². The van der Waals surface area contributed by atoms with Crippen molar-refractivity contribution >= 4 is 39.9 Å². The van der Waals surface area contributed by atoms with Gasteiger partial charge in [-0.1, -0.05) is 11.6 Å². The molecule has 1 aliphatic heterocycles. The fourth-order valence-electron chi connectivity index (χ4n) is 3.96. The molecule has 3 aromatic rings. The summed E-state index contributed by atoms with van der Waals surface area (Å²) >= 11 is 6.24.